The van der Waals surface area contributed by atoms with Crippen molar-refractivity contribution in [1.82, 2.24) is 20.1 Å². The molecular weight excluding hydrogens is 554 g/mol. The molecule has 0 radical (unpaired) electrons. The van der Waals surface area contributed by atoms with Gasteiger partial charge in [-0.3, -0.25) is 14.5 Å². The summed E-state index contributed by atoms with van der Waals surface area (Å²) in [4.78, 5) is 54.4. The van der Waals surface area contributed by atoms with Crippen LogP contribution >= 0.6 is 34.9 Å². The number of carboxylic acids is 1. The first-order chi connectivity index (χ1) is 18.1. The molecule has 0 aliphatic carbocycles. The third-order valence-corrected chi connectivity index (χ3v) is 8.65. The Kier molecular flexibility index (Phi) is 8.16. The van der Waals surface area contributed by atoms with E-state index >= 15 is 0 Å². The van der Waals surface area contributed by atoms with Crippen LogP contribution in [0.3, 0.4) is 0 Å². The van der Waals surface area contributed by atoms with E-state index in [0.717, 1.165) is 11.3 Å². The summed E-state index contributed by atoms with van der Waals surface area (Å²) in [6.45, 7) is -0.185. The molecular formula is C21H23N9O5S3. The lowest BCUT2D eigenvalue weighted by Crippen LogP contribution is -2.71. The second-order valence-electron chi connectivity index (χ2n) is 7.98. The first-order valence-corrected chi connectivity index (χ1v) is 13.8. The molecule has 1 saturated heterocycles. The maximum atomic E-state index is 13.0. The van der Waals surface area contributed by atoms with Gasteiger partial charge < -0.3 is 37.4 Å². The maximum Gasteiger partial charge on any atom is 0.352 e. The Hall–Kier alpha value is -3.72. The van der Waals surface area contributed by atoms with E-state index in [-0.39, 0.29) is 40.4 Å². The van der Waals surface area contributed by atoms with Crippen molar-refractivity contribution in [1.29, 1.82) is 0 Å². The lowest BCUT2D eigenvalue weighted by atomic mass is 10.0. The summed E-state index contributed by atoms with van der Waals surface area (Å²) in [7, 11) is 1.75. The number of carbonyl (C=O) groups is 3. The molecule has 38 heavy (non-hydrogen) atoms. The number of amidine groups is 1. The number of fused-ring (bicyclic) bond motifs is 1. The minimum Gasteiger partial charge on any atom is -0.477 e. The number of nitrogens with two attached hydrogens (primary N) is 3. The molecule has 2 unspecified atom stereocenters. The van der Waals surface area contributed by atoms with Crippen molar-refractivity contribution in [3.05, 3.63) is 34.2 Å². The number of nitrogens with zero attached hydrogens (tertiary/aromatic N) is 5. The van der Waals surface area contributed by atoms with Crippen LogP contribution in [0, 0.1) is 12.3 Å². The van der Waals surface area contributed by atoms with E-state index in [0.29, 0.717) is 16.5 Å². The van der Waals surface area contributed by atoms with Gasteiger partial charge in [-0.05, 0) is 11.6 Å². The molecule has 14 nitrogen and oxygen atoms in total. The molecule has 17 heteroatoms. The summed E-state index contributed by atoms with van der Waals surface area (Å²) >= 11 is 3.69. The molecule has 3 aliphatic rings. The lowest BCUT2D eigenvalue weighted by Gasteiger charge is -2.49. The summed E-state index contributed by atoms with van der Waals surface area (Å²) < 4.78 is 0. The SMILES string of the molecule is C#CCO/N=C(\C(=O)NC1C(=O)N2C(C(=O)O)=C(CSC3=NC(N)=CC(N)N3C)CS[C@@H]12)c1csc(N)n1. The molecule has 0 aromatic carbocycles. The van der Waals surface area contributed by atoms with Crippen molar-refractivity contribution in [2.24, 2.45) is 21.6 Å². The van der Waals surface area contributed by atoms with Gasteiger partial charge in [0.1, 0.15) is 34.8 Å². The molecule has 4 heterocycles. The summed E-state index contributed by atoms with van der Waals surface area (Å²) in [6, 6.07) is -0.985. The number of likely N-dealkylation sites (N-methyl/N-ethyl adjacent to an activating group) is 1. The zero-order valence-electron chi connectivity index (χ0n) is 19.9. The van der Waals surface area contributed by atoms with Crippen LogP contribution < -0.4 is 22.5 Å². The molecule has 3 atom stereocenters. The number of hydrogen-bond acceptors (Lipinski definition) is 14. The zero-order chi connectivity index (χ0) is 27.6. The van der Waals surface area contributed by atoms with Crippen LogP contribution in [0.5, 0.6) is 0 Å². The number of aliphatic carboxylic acids is 1. The number of oxime groups is 1. The smallest absolute Gasteiger partial charge is 0.352 e. The molecule has 1 aromatic heterocycles. The predicted molar refractivity (Wildman–Crippen MR) is 145 cm³/mol. The second kappa shape index (κ2) is 11.3. The number of nitrogens with one attached hydrogen (secondary N) is 1. The molecule has 8 N–H and O–H groups in total. The Morgan fingerprint density at radius 2 is 2.21 bits per heavy atom. The molecule has 0 bridgehead atoms. The van der Waals surface area contributed by atoms with Crippen molar-refractivity contribution in [2.75, 3.05) is 30.9 Å². The van der Waals surface area contributed by atoms with E-state index in [4.69, 9.17) is 28.5 Å². The van der Waals surface area contributed by atoms with Gasteiger partial charge in [0, 0.05) is 23.9 Å². The van der Waals surface area contributed by atoms with E-state index in [1.165, 1.54) is 33.8 Å². The number of carboxylic acid groups (broad SMARTS) is 1. The molecule has 1 fully saturated rings. The van der Waals surface area contributed by atoms with Crippen molar-refractivity contribution < 1.29 is 24.3 Å². The molecule has 0 spiro atoms. The Labute approximate surface area is 229 Å². The standard InChI is InChI=1S/C21H23N9O5S3/c1-3-4-35-28-13(10-8-37-20(24)25-10)16(31)27-14-17(32)30-15(19(33)34)9(6-36-18(14)30)7-38-21-26-11(22)5-12(23)29(21)2/h1,5,8,12,14,18H,4,6-7,22-23H2,2H3,(H2,24,25)(H,27,31)(H,33,34)/b28-13-/t12?,14?,18-/m0/s1. The van der Waals surface area contributed by atoms with E-state index < -0.39 is 35.4 Å². The number of thiazole rings is 1. The number of amides is 2. The van der Waals surface area contributed by atoms with Crippen LogP contribution in [0.25, 0.3) is 0 Å². The van der Waals surface area contributed by atoms with E-state index in [9.17, 15) is 19.5 Å². The first-order valence-electron chi connectivity index (χ1n) is 10.8. The highest BCUT2D eigenvalue weighted by Crippen LogP contribution is 2.41. The highest BCUT2D eigenvalue weighted by atomic mass is 32.2. The molecule has 4 rings (SSSR count). The minimum atomic E-state index is -1.25. The fourth-order valence-corrected chi connectivity index (χ4v) is 6.73. The number of carbonyl (C=O) groups excluding carboxylic acids is 2. The van der Waals surface area contributed by atoms with Gasteiger partial charge >= 0.3 is 5.97 Å². The van der Waals surface area contributed by atoms with Crippen LogP contribution in [0.2, 0.25) is 0 Å². The minimum absolute atomic E-state index is 0.123. The molecule has 3 aliphatic heterocycles. The first kappa shape index (κ1) is 27.3. The van der Waals surface area contributed by atoms with E-state index in [1.807, 2.05) is 0 Å². The van der Waals surface area contributed by atoms with Crippen LogP contribution in [-0.2, 0) is 19.2 Å². The number of anilines is 1. The Morgan fingerprint density at radius 3 is 2.87 bits per heavy atom. The van der Waals surface area contributed by atoms with Crippen molar-refractivity contribution in [3.8, 4) is 12.3 Å². The number of thioether (sulfide) groups is 2. The van der Waals surface area contributed by atoms with Gasteiger partial charge in [-0.1, -0.05) is 22.8 Å². The third kappa shape index (κ3) is 5.43. The van der Waals surface area contributed by atoms with Crippen molar-refractivity contribution >= 4 is 68.7 Å². The van der Waals surface area contributed by atoms with Gasteiger partial charge in [0.15, 0.2) is 22.6 Å². The number of aliphatic imine (C=N–C) groups is 1. The van der Waals surface area contributed by atoms with E-state index in [1.54, 1.807) is 18.0 Å². The van der Waals surface area contributed by atoms with Gasteiger partial charge in [0.25, 0.3) is 11.8 Å². The normalized spacial score (nSPS) is 23.1. The Balaban J connectivity index is 1.49. The largest absolute Gasteiger partial charge is 0.477 e. The van der Waals surface area contributed by atoms with Crippen LogP contribution in [-0.4, -0.2) is 91.3 Å². The average Bonchev–Trinajstić information content (AvgIpc) is 3.31. The van der Waals surface area contributed by atoms with E-state index in [2.05, 4.69) is 26.4 Å². The topological polar surface area (TPSA) is 215 Å². The van der Waals surface area contributed by atoms with Crippen molar-refractivity contribution in [2.45, 2.75) is 17.6 Å². The number of β-lactam (4-membered cyclic amide) rings is 1. The van der Waals surface area contributed by atoms with Crippen LogP contribution in [0.1, 0.15) is 5.69 Å². The fourth-order valence-electron chi connectivity index (χ4n) is 3.67. The predicted octanol–water partition coefficient (Wildman–Crippen LogP) is -1.06. The van der Waals surface area contributed by atoms with Gasteiger partial charge in [0.2, 0.25) is 0 Å². The van der Waals surface area contributed by atoms with Gasteiger partial charge in [-0.25, -0.2) is 14.8 Å². The highest BCUT2D eigenvalue weighted by Gasteiger charge is 2.54. The molecule has 2 amide bonds. The monoisotopic (exact) mass is 577 g/mol. The third-order valence-electron chi connectivity index (χ3n) is 5.51. The van der Waals surface area contributed by atoms with Gasteiger partial charge in [-0.2, -0.15) is 0 Å². The lowest BCUT2D eigenvalue weighted by molar-refractivity contribution is -0.150. The number of aromatic nitrogens is 1. The summed E-state index contributed by atoms with van der Waals surface area (Å²) in [5.41, 5.74) is 17.8. The summed E-state index contributed by atoms with van der Waals surface area (Å²) in [5.74, 6) is 0.506. The van der Waals surface area contributed by atoms with Crippen molar-refractivity contribution in [3.63, 3.8) is 0 Å². The Morgan fingerprint density at radius 1 is 1.45 bits per heavy atom. The van der Waals surface area contributed by atoms with Gasteiger partial charge in [0.05, 0.1) is 0 Å². The van der Waals surface area contributed by atoms with Crippen LogP contribution in [0.15, 0.2) is 38.7 Å². The van der Waals surface area contributed by atoms with Crippen LogP contribution in [0.4, 0.5) is 5.13 Å². The number of terminal acetylenes is 1. The Bertz CT molecular complexity index is 1330. The summed E-state index contributed by atoms with van der Waals surface area (Å²) in [6.07, 6.45) is 6.30. The summed E-state index contributed by atoms with van der Waals surface area (Å²) in [5, 5.41) is 17.9. The quantitative estimate of drug-likeness (QED) is 0.0821. The zero-order valence-corrected chi connectivity index (χ0v) is 22.3. The average molecular weight is 578 g/mol. The van der Waals surface area contributed by atoms with Gasteiger partial charge in [-0.15, -0.1) is 29.5 Å². The highest BCUT2D eigenvalue weighted by molar-refractivity contribution is 8.14. The fraction of sp³-hybridized carbons (Fsp3) is 0.333. The number of nitrogen functional groups attached to an aromatic ring is 1. The number of hydrogen-bond donors (Lipinski definition) is 5. The number of rotatable bonds is 8. The maximum absolute atomic E-state index is 13.0. The molecule has 1 aromatic rings. The second-order valence-corrected chi connectivity index (χ2v) is 10.9. The molecule has 0 saturated carbocycles. The molecule has 200 valence electrons.